The molecule has 2 rings (SSSR count). The Morgan fingerprint density at radius 1 is 1.47 bits per heavy atom. The number of aromatic carboxylic acids is 1. The lowest BCUT2D eigenvalue weighted by atomic mass is 10.1. The summed E-state index contributed by atoms with van der Waals surface area (Å²) in [5, 5.41) is 12.0. The maximum atomic E-state index is 11.2. The lowest BCUT2D eigenvalue weighted by Gasteiger charge is -2.11. The number of ether oxygens (including phenoxy) is 1. The zero-order valence-electron chi connectivity index (χ0n) is 10.4. The van der Waals surface area contributed by atoms with E-state index in [1.807, 2.05) is 25.3 Å². The molecule has 1 N–H and O–H groups in total. The average molecular weight is 342 g/mol. The molecule has 100 valence electrons. The molecule has 0 fully saturated rings. The van der Waals surface area contributed by atoms with E-state index in [9.17, 15) is 9.90 Å². The molecule has 0 aliphatic carbocycles. The van der Waals surface area contributed by atoms with E-state index < -0.39 is 5.97 Å². The molecule has 0 bridgehead atoms. The lowest BCUT2D eigenvalue weighted by molar-refractivity contribution is 0.0691. The van der Waals surface area contributed by atoms with E-state index in [0.29, 0.717) is 5.75 Å². The van der Waals surface area contributed by atoms with Gasteiger partial charge in [0.05, 0.1) is 0 Å². The number of carboxylic acid groups (broad SMARTS) is 1. The van der Waals surface area contributed by atoms with Crippen LogP contribution in [0, 0.1) is 13.8 Å². The van der Waals surface area contributed by atoms with Crippen LogP contribution in [-0.4, -0.2) is 16.1 Å². The van der Waals surface area contributed by atoms with Crippen LogP contribution in [0.4, 0.5) is 0 Å². The van der Waals surface area contributed by atoms with Crippen LogP contribution in [0.2, 0.25) is 0 Å². The van der Waals surface area contributed by atoms with E-state index in [2.05, 4.69) is 20.9 Å². The second kappa shape index (κ2) is 5.71. The van der Waals surface area contributed by atoms with Gasteiger partial charge in [-0.1, -0.05) is 15.9 Å². The SMILES string of the molecule is Cc1csc(COc2c(C)cc(Br)cc2C(=O)O)n1. The highest BCUT2D eigenvalue weighted by molar-refractivity contribution is 9.10. The topological polar surface area (TPSA) is 59.4 Å². The summed E-state index contributed by atoms with van der Waals surface area (Å²) < 4.78 is 6.35. The fourth-order valence-electron chi connectivity index (χ4n) is 1.68. The van der Waals surface area contributed by atoms with Crippen molar-refractivity contribution in [3.8, 4) is 5.75 Å². The number of halogens is 1. The standard InChI is InChI=1S/C13H12BrNO3S/c1-7-3-9(14)4-10(13(16)17)12(7)18-5-11-15-8(2)6-19-11/h3-4,6H,5H2,1-2H3,(H,16,17). The van der Waals surface area contributed by atoms with Gasteiger partial charge in [0.25, 0.3) is 0 Å². The number of aromatic nitrogens is 1. The third kappa shape index (κ3) is 3.33. The Morgan fingerprint density at radius 3 is 2.79 bits per heavy atom. The third-order valence-electron chi connectivity index (χ3n) is 2.48. The molecule has 0 saturated heterocycles. The first kappa shape index (κ1) is 14.0. The Labute approximate surface area is 123 Å². The van der Waals surface area contributed by atoms with Gasteiger partial charge in [0, 0.05) is 15.5 Å². The number of nitrogens with zero attached hydrogens (tertiary/aromatic N) is 1. The van der Waals surface area contributed by atoms with Crippen molar-refractivity contribution in [3.05, 3.63) is 43.8 Å². The molecule has 19 heavy (non-hydrogen) atoms. The number of rotatable bonds is 4. The lowest BCUT2D eigenvalue weighted by Crippen LogP contribution is -2.05. The summed E-state index contributed by atoms with van der Waals surface area (Å²) in [6.07, 6.45) is 0. The van der Waals surface area contributed by atoms with Crippen molar-refractivity contribution < 1.29 is 14.6 Å². The van der Waals surface area contributed by atoms with Crippen LogP contribution in [0.15, 0.2) is 22.0 Å². The summed E-state index contributed by atoms with van der Waals surface area (Å²) in [6.45, 7) is 4.01. The molecular weight excluding hydrogens is 330 g/mol. The van der Waals surface area contributed by atoms with E-state index in [-0.39, 0.29) is 12.2 Å². The van der Waals surface area contributed by atoms with Crippen LogP contribution in [0.25, 0.3) is 0 Å². The van der Waals surface area contributed by atoms with Crippen LogP contribution in [0.1, 0.15) is 26.6 Å². The largest absolute Gasteiger partial charge is 0.485 e. The van der Waals surface area contributed by atoms with Gasteiger partial charge in [-0.3, -0.25) is 0 Å². The van der Waals surface area contributed by atoms with Crippen molar-refractivity contribution in [3.63, 3.8) is 0 Å². The zero-order chi connectivity index (χ0) is 14.0. The van der Waals surface area contributed by atoms with E-state index in [1.165, 1.54) is 17.4 Å². The molecule has 0 unspecified atom stereocenters. The van der Waals surface area contributed by atoms with Crippen LogP contribution >= 0.6 is 27.3 Å². The van der Waals surface area contributed by atoms with Gasteiger partial charge in [0.15, 0.2) is 0 Å². The Balaban J connectivity index is 2.26. The summed E-state index contributed by atoms with van der Waals surface area (Å²) in [6, 6.07) is 3.37. The fourth-order valence-corrected chi connectivity index (χ4v) is 2.94. The van der Waals surface area contributed by atoms with Gasteiger partial charge in [-0.2, -0.15) is 0 Å². The first-order chi connectivity index (χ1) is 8.97. The second-order valence-electron chi connectivity index (χ2n) is 4.08. The van der Waals surface area contributed by atoms with Crippen LogP contribution in [0.3, 0.4) is 0 Å². The molecule has 1 aromatic carbocycles. The number of benzene rings is 1. The number of hydrogen-bond donors (Lipinski definition) is 1. The summed E-state index contributed by atoms with van der Waals surface area (Å²) >= 11 is 4.78. The normalized spacial score (nSPS) is 10.5. The van der Waals surface area contributed by atoms with Crippen LogP contribution in [0.5, 0.6) is 5.75 Å². The molecule has 6 heteroatoms. The number of hydrogen-bond acceptors (Lipinski definition) is 4. The molecule has 0 aliphatic rings. The minimum Gasteiger partial charge on any atom is -0.485 e. The summed E-state index contributed by atoms with van der Waals surface area (Å²) in [4.78, 5) is 15.5. The highest BCUT2D eigenvalue weighted by atomic mass is 79.9. The highest BCUT2D eigenvalue weighted by Gasteiger charge is 2.15. The Bertz CT molecular complexity index is 624. The Hall–Kier alpha value is -1.40. The number of thiazole rings is 1. The summed E-state index contributed by atoms with van der Waals surface area (Å²) in [5.41, 5.74) is 1.87. The molecular formula is C13H12BrNO3S. The van der Waals surface area contributed by atoms with Gasteiger partial charge in [0.2, 0.25) is 0 Å². The minimum atomic E-state index is -1.00. The quantitative estimate of drug-likeness (QED) is 0.918. The maximum absolute atomic E-state index is 11.2. The Kier molecular flexibility index (Phi) is 4.21. The Morgan fingerprint density at radius 2 is 2.21 bits per heavy atom. The van der Waals surface area contributed by atoms with Crippen LogP contribution in [-0.2, 0) is 6.61 Å². The van der Waals surface area contributed by atoms with Gasteiger partial charge in [0.1, 0.15) is 22.9 Å². The minimum absolute atomic E-state index is 0.153. The summed E-state index contributed by atoms with van der Waals surface area (Å²) in [7, 11) is 0. The van der Waals surface area contributed by atoms with Crippen molar-refractivity contribution in [2.75, 3.05) is 0 Å². The van der Waals surface area contributed by atoms with E-state index in [1.54, 1.807) is 0 Å². The molecule has 1 heterocycles. The molecule has 0 saturated carbocycles. The maximum Gasteiger partial charge on any atom is 0.339 e. The van der Waals surface area contributed by atoms with Gasteiger partial charge in [-0.25, -0.2) is 9.78 Å². The first-order valence-corrected chi connectivity index (χ1v) is 7.22. The van der Waals surface area contributed by atoms with E-state index in [0.717, 1.165) is 20.7 Å². The molecule has 0 spiro atoms. The fraction of sp³-hybridized carbons (Fsp3) is 0.231. The zero-order valence-corrected chi connectivity index (χ0v) is 12.8. The number of carboxylic acids is 1. The molecule has 0 amide bonds. The number of aryl methyl sites for hydroxylation is 2. The van der Waals surface area contributed by atoms with Gasteiger partial charge < -0.3 is 9.84 Å². The van der Waals surface area contributed by atoms with Crippen molar-refractivity contribution in [2.45, 2.75) is 20.5 Å². The van der Waals surface area contributed by atoms with Crippen LogP contribution < -0.4 is 4.74 Å². The van der Waals surface area contributed by atoms with Gasteiger partial charge in [-0.05, 0) is 31.5 Å². The first-order valence-electron chi connectivity index (χ1n) is 5.54. The van der Waals surface area contributed by atoms with Gasteiger partial charge >= 0.3 is 5.97 Å². The molecule has 0 aliphatic heterocycles. The second-order valence-corrected chi connectivity index (χ2v) is 5.93. The monoisotopic (exact) mass is 341 g/mol. The van der Waals surface area contributed by atoms with Crippen molar-refractivity contribution in [2.24, 2.45) is 0 Å². The highest BCUT2D eigenvalue weighted by Crippen LogP contribution is 2.29. The average Bonchev–Trinajstić information content (AvgIpc) is 2.73. The molecule has 0 atom stereocenters. The third-order valence-corrected chi connectivity index (χ3v) is 3.87. The predicted octanol–water partition coefficient (Wildman–Crippen LogP) is 3.80. The number of carbonyl (C=O) groups is 1. The smallest absolute Gasteiger partial charge is 0.339 e. The van der Waals surface area contributed by atoms with Gasteiger partial charge in [-0.15, -0.1) is 11.3 Å². The summed E-state index contributed by atoms with van der Waals surface area (Å²) in [5.74, 6) is -0.613. The predicted molar refractivity (Wildman–Crippen MR) is 77.0 cm³/mol. The molecule has 0 radical (unpaired) electrons. The van der Waals surface area contributed by atoms with Crippen molar-refractivity contribution >= 4 is 33.2 Å². The van der Waals surface area contributed by atoms with Crippen molar-refractivity contribution in [1.29, 1.82) is 0 Å². The molecule has 4 nitrogen and oxygen atoms in total. The van der Waals surface area contributed by atoms with E-state index in [4.69, 9.17) is 4.74 Å². The van der Waals surface area contributed by atoms with Crippen molar-refractivity contribution in [1.82, 2.24) is 4.98 Å². The molecule has 1 aromatic heterocycles. The van der Waals surface area contributed by atoms with E-state index >= 15 is 0 Å². The molecule has 2 aromatic rings.